The Labute approximate surface area is 273 Å². The summed E-state index contributed by atoms with van der Waals surface area (Å²) >= 11 is 0. The van der Waals surface area contributed by atoms with E-state index in [1.807, 2.05) is 12.1 Å². The summed E-state index contributed by atoms with van der Waals surface area (Å²) < 4.78 is 55.7. The highest BCUT2D eigenvalue weighted by molar-refractivity contribution is 6.06. The molecule has 0 aliphatic carbocycles. The molecule has 0 bridgehead atoms. The van der Waals surface area contributed by atoms with E-state index in [9.17, 15) is 9.59 Å². The third-order valence-electron chi connectivity index (χ3n) is 9.26. The Morgan fingerprint density at radius 1 is 0.500 bits per heavy atom. The number of ether oxygens (including phenoxy) is 10. The fourth-order valence-electron chi connectivity index (χ4n) is 6.90. The van der Waals surface area contributed by atoms with E-state index in [1.54, 1.807) is 62.8 Å². The van der Waals surface area contributed by atoms with E-state index >= 15 is 0 Å². The number of methoxy groups -OCH3 is 2. The number of carbonyl (C=O) groups is 2. The van der Waals surface area contributed by atoms with Gasteiger partial charge in [-0.25, -0.2) is 0 Å². The number of Topliss-reactive ketones (excluding diaryl/α,β-unsaturated/α-hetero) is 2. The maximum absolute atomic E-state index is 13.1. The van der Waals surface area contributed by atoms with Crippen LogP contribution in [-0.4, -0.2) is 64.8 Å². The van der Waals surface area contributed by atoms with Crippen molar-refractivity contribution >= 4 is 11.6 Å². The molecule has 12 heteroatoms. The standard InChI is InChI=1S/2C18H14O6/c2*1-20-9-2-3-10-13(4-9)24-16-7-21-12-6-15-14(22-8-23-15)5-11(12)17(16)18(10)19/h2*2-6,16-17H,7-8H2,1H3/t2*16-,17+/m11/s1. The second kappa shape index (κ2) is 10.9. The first-order valence-electron chi connectivity index (χ1n) is 15.4. The van der Waals surface area contributed by atoms with E-state index in [2.05, 4.69) is 0 Å². The molecule has 0 spiro atoms. The molecule has 12 nitrogen and oxygen atoms in total. The summed E-state index contributed by atoms with van der Waals surface area (Å²) in [6.07, 6.45) is -0.741. The highest BCUT2D eigenvalue weighted by Crippen LogP contribution is 2.49. The zero-order valence-corrected chi connectivity index (χ0v) is 25.8. The van der Waals surface area contributed by atoms with Crippen molar-refractivity contribution in [1.29, 1.82) is 0 Å². The van der Waals surface area contributed by atoms with Crippen molar-refractivity contribution < 1.29 is 57.0 Å². The smallest absolute Gasteiger partial charge is 0.231 e. The minimum atomic E-state index is -0.413. The molecule has 0 fully saturated rings. The van der Waals surface area contributed by atoms with Crippen LogP contribution in [0.3, 0.4) is 0 Å². The van der Waals surface area contributed by atoms with Crippen molar-refractivity contribution in [1.82, 2.24) is 0 Å². The van der Waals surface area contributed by atoms with Gasteiger partial charge in [-0.2, -0.15) is 0 Å². The maximum Gasteiger partial charge on any atom is 0.231 e. The lowest BCUT2D eigenvalue weighted by atomic mass is 9.82. The van der Waals surface area contributed by atoms with Crippen LogP contribution in [0.25, 0.3) is 0 Å². The van der Waals surface area contributed by atoms with Gasteiger partial charge in [0.25, 0.3) is 0 Å². The fourth-order valence-corrected chi connectivity index (χ4v) is 6.90. The molecule has 0 unspecified atom stereocenters. The van der Waals surface area contributed by atoms with Crippen molar-refractivity contribution in [3.8, 4) is 57.5 Å². The van der Waals surface area contributed by atoms with E-state index in [-0.39, 0.29) is 37.4 Å². The van der Waals surface area contributed by atoms with E-state index < -0.39 is 11.8 Å². The summed E-state index contributed by atoms with van der Waals surface area (Å²) in [6.45, 7) is 0.970. The first kappa shape index (κ1) is 28.4. The van der Waals surface area contributed by atoms with E-state index in [0.29, 0.717) is 81.8 Å². The lowest BCUT2D eigenvalue weighted by molar-refractivity contribution is 0.0553. The molecule has 10 rings (SSSR count). The van der Waals surface area contributed by atoms with Gasteiger partial charge in [-0.3, -0.25) is 9.59 Å². The van der Waals surface area contributed by atoms with Crippen LogP contribution in [-0.2, 0) is 0 Å². The SMILES string of the molecule is COc1ccc2c(c1)O[C@@H]1COc3cc4c(cc3[C@@H]1C2=O)OCO4.COc1ccc2c(c1)O[C@@H]1COc3cc4c(cc3[C@@H]1C2=O)OCO4. The number of benzene rings is 4. The number of hydrogen-bond donors (Lipinski definition) is 0. The minimum absolute atomic E-state index is 0.0207. The second-order valence-electron chi connectivity index (χ2n) is 11.8. The molecule has 4 aromatic carbocycles. The highest BCUT2D eigenvalue weighted by Gasteiger charge is 2.45. The molecule has 0 radical (unpaired) electrons. The Morgan fingerprint density at radius 3 is 1.33 bits per heavy atom. The lowest BCUT2D eigenvalue weighted by Gasteiger charge is -2.37. The molecular weight excluding hydrogens is 624 g/mol. The van der Waals surface area contributed by atoms with Crippen molar-refractivity contribution in [3.05, 3.63) is 82.9 Å². The Bertz CT molecular complexity index is 1860. The molecule has 6 aliphatic rings. The van der Waals surface area contributed by atoms with E-state index in [0.717, 1.165) is 11.1 Å². The van der Waals surface area contributed by atoms with Crippen LogP contribution in [0.15, 0.2) is 60.7 Å². The summed E-state index contributed by atoms with van der Waals surface area (Å²) in [5.41, 5.74) is 2.68. The molecule has 48 heavy (non-hydrogen) atoms. The molecule has 0 N–H and O–H groups in total. The quantitative estimate of drug-likeness (QED) is 0.286. The van der Waals surface area contributed by atoms with Gasteiger partial charge in [0.05, 0.1) is 37.2 Å². The Morgan fingerprint density at radius 2 is 0.917 bits per heavy atom. The first-order valence-corrected chi connectivity index (χ1v) is 15.4. The van der Waals surface area contributed by atoms with Gasteiger partial charge in [0.15, 0.2) is 34.6 Å². The Kier molecular flexibility index (Phi) is 6.46. The number of hydrogen-bond acceptors (Lipinski definition) is 12. The lowest BCUT2D eigenvalue weighted by Crippen LogP contribution is -2.42. The van der Waals surface area contributed by atoms with Gasteiger partial charge >= 0.3 is 0 Å². The van der Waals surface area contributed by atoms with Gasteiger partial charge < -0.3 is 47.4 Å². The molecule has 0 aromatic heterocycles. The van der Waals surface area contributed by atoms with Crippen LogP contribution in [0.2, 0.25) is 0 Å². The molecule has 6 aliphatic heterocycles. The number of ketones is 2. The predicted octanol–water partition coefficient (Wildman–Crippen LogP) is 5.09. The van der Waals surface area contributed by atoms with Crippen LogP contribution in [0, 0.1) is 0 Å². The minimum Gasteiger partial charge on any atom is -0.497 e. The van der Waals surface area contributed by atoms with Crippen LogP contribution < -0.4 is 47.4 Å². The zero-order chi connectivity index (χ0) is 32.5. The number of rotatable bonds is 2. The van der Waals surface area contributed by atoms with E-state index in [4.69, 9.17) is 47.4 Å². The summed E-state index contributed by atoms with van der Waals surface area (Å²) in [6, 6.07) is 17.7. The molecule has 4 aromatic rings. The largest absolute Gasteiger partial charge is 0.497 e. The summed E-state index contributed by atoms with van der Waals surface area (Å²) in [5, 5.41) is 0. The van der Waals surface area contributed by atoms with Gasteiger partial charge in [-0.1, -0.05) is 0 Å². The van der Waals surface area contributed by atoms with Crippen LogP contribution in [0.4, 0.5) is 0 Å². The predicted molar refractivity (Wildman–Crippen MR) is 165 cm³/mol. The second-order valence-corrected chi connectivity index (χ2v) is 11.8. The molecule has 0 saturated heterocycles. The molecule has 4 atom stereocenters. The van der Waals surface area contributed by atoms with Crippen molar-refractivity contribution in [3.63, 3.8) is 0 Å². The van der Waals surface area contributed by atoms with Crippen molar-refractivity contribution in [2.75, 3.05) is 41.0 Å². The average molecular weight is 653 g/mol. The Balaban J connectivity index is 0.000000131. The van der Waals surface area contributed by atoms with Gasteiger partial charge in [-0.15, -0.1) is 0 Å². The van der Waals surface area contributed by atoms with Crippen LogP contribution >= 0.6 is 0 Å². The topological polar surface area (TPSA) is 126 Å². The van der Waals surface area contributed by atoms with Crippen molar-refractivity contribution in [2.45, 2.75) is 24.0 Å². The van der Waals surface area contributed by atoms with Crippen LogP contribution in [0.5, 0.6) is 57.5 Å². The van der Waals surface area contributed by atoms with Gasteiger partial charge in [0.1, 0.15) is 59.9 Å². The average Bonchev–Trinajstić information content (AvgIpc) is 3.78. The van der Waals surface area contributed by atoms with E-state index in [1.165, 1.54) is 0 Å². The maximum atomic E-state index is 13.1. The third-order valence-corrected chi connectivity index (χ3v) is 9.26. The highest BCUT2D eigenvalue weighted by atomic mass is 16.7. The normalized spacial score (nSPS) is 22.6. The fraction of sp³-hybridized carbons (Fsp3) is 0.278. The van der Waals surface area contributed by atoms with Gasteiger partial charge in [-0.05, 0) is 36.4 Å². The molecular formula is C36H28O12. The van der Waals surface area contributed by atoms with Crippen molar-refractivity contribution in [2.24, 2.45) is 0 Å². The molecule has 244 valence electrons. The summed E-state index contributed by atoms with van der Waals surface area (Å²) in [4.78, 5) is 26.1. The molecule has 6 heterocycles. The summed E-state index contributed by atoms with van der Waals surface area (Å²) in [5.74, 6) is 5.43. The first-order chi connectivity index (χ1) is 23.5. The summed E-state index contributed by atoms with van der Waals surface area (Å²) in [7, 11) is 3.16. The van der Waals surface area contributed by atoms with Gasteiger partial charge in [0.2, 0.25) is 13.6 Å². The monoisotopic (exact) mass is 652 g/mol. The van der Waals surface area contributed by atoms with Gasteiger partial charge in [0, 0.05) is 35.4 Å². The molecule has 0 saturated carbocycles. The van der Waals surface area contributed by atoms with Crippen LogP contribution in [0.1, 0.15) is 43.7 Å². The zero-order valence-electron chi connectivity index (χ0n) is 25.8. The number of carbonyl (C=O) groups excluding carboxylic acids is 2. The third kappa shape index (κ3) is 4.43. The number of fused-ring (bicyclic) bond motifs is 10. The Hall–Kier alpha value is -5.78. The molecule has 0 amide bonds.